The minimum absolute atomic E-state index is 0.414. The second-order valence-electron chi connectivity index (χ2n) is 6.75. The highest BCUT2D eigenvalue weighted by Gasteiger charge is 2.30. The van der Waals surface area contributed by atoms with E-state index in [1.54, 1.807) is 10.4 Å². The zero-order valence-corrected chi connectivity index (χ0v) is 16.1. The summed E-state index contributed by atoms with van der Waals surface area (Å²) in [5, 5.41) is 3.98. The lowest BCUT2D eigenvalue weighted by atomic mass is 10.2. The third-order valence-corrected chi connectivity index (χ3v) is 6.90. The average molecular weight is 363 g/mol. The maximum atomic E-state index is 12.9. The summed E-state index contributed by atoms with van der Waals surface area (Å²) >= 11 is 0. The summed E-state index contributed by atoms with van der Waals surface area (Å²) in [7, 11) is -3.44. The molecule has 0 aliphatic carbocycles. The molecule has 1 aromatic heterocycles. The minimum atomic E-state index is -3.44. The number of rotatable bonds is 4. The van der Waals surface area contributed by atoms with Crippen LogP contribution in [0.4, 0.5) is 0 Å². The van der Waals surface area contributed by atoms with E-state index in [2.05, 4.69) is 10.1 Å². The van der Waals surface area contributed by atoms with E-state index in [1.807, 2.05) is 39.8 Å². The number of sulfonamides is 1. The standard InChI is InChI=1S/C18H25N3O3S/c1-13-5-6-18(14(2)11-13)25(22,23)21-9-7-20(8-10-21)12-17-15(3)19-24-16(17)4/h5-6,11H,7-10,12H2,1-4H3. The fourth-order valence-corrected chi connectivity index (χ4v) is 4.94. The van der Waals surface area contributed by atoms with Gasteiger partial charge in [-0.2, -0.15) is 4.31 Å². The van der Waals surface area contributed by atoms with Gasteiger partial charge in [0.15, 0.2) is 0 Å². The topological polar surface area (TPSA) is 66.7 Å². The summed E-state index contributed by atoms with van der Waals surface area (Å²) in [5.41, 5.74) is 3.88. The molecule has 0 atom stereocenters. The Balaban J connectivity index is 1.69. The van der Waals surface area contributed by atoms with Gasteiger partial charge in [-0.25, -0.2) is 8.42 Å². The smallest absolute Gasteiger partial charge is 0.243 e. The second kappa shape index (κ2) is 6.90. The molecular formula is C18H25N3O3S. The molecule has 0 saturated carbocycles. The van der Waals surface area contributed by atoms with E-state index in [0.29, 0.717) is 31.1 Å². The molecule has 2 heterocycles. The summed E-state index contributed by atoms with van der Waals surface area (Å²) in [6, 6.07) is 5.49. The molecule has 0 N–H and O–H groups in total. The van der Waals surface area contributed by atoms with Crippen LogP contribution in [0.25, 0.3) is 0 Å². The molecule has 0 unspecified atom stereocenters. The first kappa shape index (κ1) is 18.1. The first-order valence-electron chi connectivity index (χ1n) is 8.50. The largest absolute Gasteiger partial charge is 0.361 e. The predicted molar refractivity (Wildman–Crippen MR) is 95.9 cm³/mol. The Kier molecular flexibility index (Phi) is 4.99. The molecule has 6 nitrogen and oxygen atoms in total. The molecule has 7 heteroatoms. The van der Waals surface area contributed by atoms with Crippen molar-refractivity contribution in [2.45, 2.75) is 39.1 Å². The van der Waals surface area contributed by atoms with E-state index < -0.39 is 10.0 Å². The van der Waals surface area contributed by atoms with Gasteiger partial charge in [0, 0.05) is 38.3 Å². The third-order valence-electron chi connectivity index (χ3n) is 4.84. The zero-order valence-electron chi connectivity index (χ0n) is 15.2. The fourth-order valence-electron chi connectivity index (χ4n) is 3.31. The van der Waals surface area contributed by atoms with Crippen LogP contribution in [-0.2, 0) is 16.6 Å². The van der Waals surface area contributed by atoms with Crippen LogP contribution in [0.15, 0.2) is 27.6 Å². The molecule has 25 heavy (non-hydrogen) atoms. The predicted octanol–water partition coefficient (Wildman–Crippen LogP) is 2.41. The average Bonchev–Trinajstić information content (AvgIpc) is 2.87. The number of nitrogens with zero attached hydrogens (tertiary/aromatic N) is 3. The van der Waals surface area contributed by atoms with E-state index >= 15 is 0 Å². The quantitative estimate of drug-likeness (QED) is 0.835. The van der Waals surface area contributed by atoms with Crippen molar-refractivity contribution in [3.05, 3.63) is 46.3 Å². The lowest BCUT2D eigenvalue weighted by molar-refractivity contribution is 0.180. The summed E-state index contributed by atoms with van der Waals surface area (Å²) in [5.74, 6) is 0.836. The Morgan fingerprint density at radius 2 is 1.76 bits per heavy atom. The van der Waals surface area contributed by atoms with Crippen molar-refractivity contribution in [2.24, 2.45) is 0 Å². The normalized spacial score (nSPS) is 17.1. The number of aromatic nitrogens is 1. The Morgan fingerprint density at radius 3 is 2.32 bits per heavy atom. The number of aryl methyl sites for hydroxylation is 4. The van der Waals surface area contributed by atoms with Crippen LogP contribution in [0.3, 0.4) is 0 Å². The maximum Gasteiger partial charge on any atom is 0.243 e. The minimum Gasteiger partial charge on any atom is -0.361 e. The van der Waals surface area contributed by atoms with Gasteiger partial charge in [0.1, 0.15) is 5.76 Å². The van der Waals surface area contributed by atoms with E-state index in [1.165, 1.54) is 0 Å². The van der Waals surface area contributed by atoms with Crippen molar-refractivity contribution >= 4 is 10.0 Å². The summed E-state index contributed by atoms with van der Waals surface area (Å²) in [4.78, 5) is 2.66. The molecular weight excluding hydrogens is 338 g/mol. The molecule has 1 aliphatic heterocycles. The van der Waals surface area contributed by atoms with Gasteiger partial charge in [0.25, 0.3) is 0 Å². The highest BCUT2D eigenvalue weighted by molar-refractivity contribution is 7.89. The fraction of sp³-hybridized carbons (Fsp3) is 0.500. The van der Waals surface area contributed by atoms with E-state index in [0.717, 1.165) is 34.7 Å². The van der Waals surface area contributed by atoms with Crippen LogP contribution in [0.1, 0.15) is 28.1 Å². The number of benzene rings is 1. The van der Waals surface area contributed by atoms with Gasteiger partial charge in [0.2, 0.25) is 10.0 Å². The number of hydrogen-bond acceptors (Lipinski definition) is 5. The molecule has 0 amide bonds. The third kappa shape index (κ3) is 3.63. The van der Waals surface area contributed by atoms with Crippen LogP contribution < -0.4 is 0 Å². The molecule has 0 bridgehead atoms. The van der Waals surface area contributed by atoms with Crippen LogP contribution in [-0.4, -0.2) is 49.0 Å². The molecule has 1 saturated heterocycles. The lowest BCUT2D eigenvalue weighted by Crippen LogP contribution is -2.48. The Morgan fingerprint density at radius 1 is 1.08 bits per heavy atom. The molecule has 1 aromatic carbocycles. The van der Waals surface area contributed by atoms with E-state index in [9.17, 15) is 8.42 Å². The number of piperazine rings is 1. The second-order valence-corrected chi connectivity index (χ2v) is 8.66. The van der Waals surface area contributed by atoms with Crippen molar-refractivity contribution in [1.29, 1.82) is 0 Å². The van der Waals surface area contributed by atoms with Crippen molar-refractivity contribution in [1.82, 2.24) is 14.4 Å². The van der Waals surface area contributed by atoms with Crippen LogP contribution in [0.5, 0.6) is 0 Å². The molecule has 136 valence electrons. The van der Waals surface area contributed by atoms with Gasteiger partial charge in [-0.05, 0) is 39.3 Å². The summed E-state index contributed by atoms with van der Waals surface area (Å²) < 4.78 is 32.7. The van der Waals surface area contributed by atoms with E-state index in [4.69, 9.17) is 4.52 Å². The van der Waals surface area contributed by atoms with Gasteiger partial charge in [-0.15, -0.1) is 0 Å². The Bertz CT molecular complexity index is 846. The first-order valence-corrected chi connectivity index (χ1v) is 9.94. The van der Waals surface area contributed by atoms with Crippen molar-refractivity contribution in [3.8, 4) is 0 Å². The number of hydrogen-bond donors (Lipinski definition) is 0. The molecule has 0 radical (unpaired) electrons. The lowest BCUT2D eigenvalue weighted by Gasteiger charge is -2.34. The van der Waals surface area contributed by atoms with Crippen molar-refractivity contribution in [2.75, 3.05) is 26.2 Å². The van der Waals surface area contributed by atoms with Gasteiger partial charge in [0.05, 0.1) is 10.6 Å². The molecule has 1 aliphatic rings. The molecule has 2 aromatic rings. The monoisotopic (exact) mass is 363 g/mol. The van der Waals surface area contributed by atoms with Crippen molar-refractivity contribution in [3.63, 3.8) is 0 Å². The first-order chi connectivity index (χ1) is 11.8. The van der Waals surface area contributed by atoms with Crippen LogP contribution in [0, 0.1) is 27.7 Å². The van der Waals surface area contributed by atoms with Gasteiger partial charge in [-0.1, -0.05) is 22.9 Å². The molecule has 0 spiro atoms. The zero-order chi connectivity index (χ0) is 18.2. The van der Waals surface area contributed by atoms with Crippen molar-refractivity contribution < 1.29 is 12.9 Å². The van der Waals surface area contributed by atoms with Gasteiger partial charge < -0.3 is 4.52 Å². The van der Waals surface area contributed by atoms with Crippen LogP contribution >= 0.6 is 0 Å². The van der Waals surface area contributed by atoms with Gasteiger partial charge in [-0.3, -0.25) is 4.90 Å². The Hall–Kier alpha value is -1.70. The summed E-state index contributed by atoms with van der Waals surface area (Å²) in [6.07, 6.45) is 0. The highest BCUT2D eigenvalue weighted by atomic mass is 32.2. The molecule has 3 rings (SSSR count). The van der Waals surface area contributed by atoms with Gasteiger partial charge >= 0.3 is 0 Å². The Labute approximate surface area is 149 Å². The summed E-state index contributed by atoms with van der Waals surface area (Å²) in [6.45, 7) is 10.8. The van der Waals surface area contributed by atoms with Crippen LogP contribution in [0.2, 0.25) is 0 Å². The molecule has 1 fully saturated rings. The SMILES string of the molecule is Cc1ccc(S(=O)(=O)N2CCN(Cc3c(C)noc3C)CC2)c(C)c1. The van der Waals surface area contributed by atoms with E-state index in [-0.39, 0.29) is 0 Å². The highest BCUT2D eigenvalue weighted by Crippen LogP contribution is 2.23. The maximum absolute atomic E-state index is 12.9.